The molecule has 4 nitrogen and oxygen atoms in total. The molecule has 4 rings (SSSR count). The van der Waals surface area contributed by atoms with Crippen LogP contribution in [-0.4, -0.2) is 51.2 Å². The van der Waals surface area contributed by atoms with Crippen LogP contribution in [0.25, 0.3) is 0 Å². The number of carbonyl (C=O) groups excluding carboxylic acids is 1. The van der Waals surface area contributed by atoms with Crippen molar-refractivity contribution in [3.8, 4) is 5.75 Å². The van der Waals surface area contributed by atoms with E-state index >= 15 is 0 Å². The zero-order valence-corrected chi connectivity index (χ0v) is 12.4. The number of halogens is 1. The molecule has 1 aliphatic carbocycles. The highest BCUT2D eigenvalue weighted by Gasteiger charge is 2.59. The van der Waals surface area contributed by atoms with Crippen molar-refractivity contribution in [2.24, 2.45) is 0 Å². The molecule has 1 saturated carbocycles. The molecule has 0 N–H and O–H groups in total. The number of amides is 1. The predicted molar refractivity (Wildman–Crippen MR) is 78.1 cm³/mol. The molecule has 0 bridgehead atoms. The van der Waals surface area contributed by atoms with E-state index in [2.05, 4.69) is 4.98 Å². The van der Waals surface area contributed by atoms with Gasteiger partial charge >= 0.3 is 0 Å². The Kier molecular flexibility index (Phi) is 2.93. The lowest BCUT2D eigenvalue weighted by Gasteiger charge is -2.47. The summed E-state index contributed by atoms with van der Waals surface area (Å²) in [5.74, 6) is 1.40. The summed E-state index contributed by atoms with van der Waals surface area (Å²) in [5.41, 5.74) is -1.53. The Labute approximate surface area is 127 Å². The molecule has 0 aromatic carbocycles. The molecule has 2 saturated heterocycles. The number of thioether (sulfide) groups is 1. The molecular weight excluding hydrogens is 291 g/mol. The zero-order chi connectivity index (χ0) is 14.5. The van der Waals surface area contributed by atoms with E-state index in [1.807, 2.05) is 23.9 Å². The lowest BCUT2D eigenvalue weighted by molar-refractivity contribution is -0.143. The lowest BCUT2D eigenvalue weighted by Crippen LogP contribution is -2.62. The van der Waals surface area contributed by atoms with E-state index < -0.39 is 5.67 Å². The van der Waals surface area contributed by atoms with Crippen LogP contribution in [0.3, 0.4) is 0 Å². The third-order valence-corrected chi connectivity index (χ3v) is 6.01. The monoisotopic (exact) mass is 308 g/mol. The van der Waals surface area contributed by atoms with Gasteiger partial charge in [-0.25, -0.2) is 4.39 Å². The second-order valence-electron chi connectivity index (χ2n) is 6.25. The van der Waals surface area contributed by atoms with Crippen molar-refractivity contribution in [3.63, 3.8) is 0 Å². The first-order valence-electron chi connectivity index (χ1n) is 7.28. The molecule has 1 atom stereocenters. The molecule has 21 heavy (non-hydrogen) atoms. The summed E-state index contributed by atoms with van der Waals surface area (Å²) in [5, 5.41) is 0. The molecule has 112 valence electrons. The minimum Gasteiger partial charge on any atom is -0.488 e. The molecule has 3 fully saturated rings. The molecule has 1 aromatic rings. The van der Waals surface area contributed by atoms with Crippen molar-refractivity contribution in [3.05, 3.63) is 24.5 Å². The Balaban J connectivity index is 1.32. The van der Waals surface area contributed by atoms with Crippen molar-refractivity contribution >= 4 is 17.7 Å². The molecule has 0 radical (unpaired) electrons. The van der Waals surface area contributed by atoms with Gasteiger partial charge in [-0.15, -0.1) is 11.8 Å². The lowest BCUT2D eigenvalue weighted by atomic mass is 9.92. The van der Waals surface area contributed by atoms with Gasteiger partial charge in [0.1, 0.15) is 11.9 Å². The van der Waals surface area contributed by atoms with Crippen molar-refractivity contribution in [2.75, 3.05) is 18.8 Å². The van der Waals surface area contributed by atoms with Gasteiger partial charge in [0.25, 0.3) is 5.91 Å². The van der Waals surface area contributed by atoms with Crippen molar-refractivity contribution < 1.29 is 13.9 Å². The molecular formula is C15H17FN2O2S. The number of nitrogens with zero attached hydrogens (tertiary/aromatic N) is 2. The standard InChI is InChI=1S/C15H17FN2O2S/c16-15(3-4-15)13(19)18-9-14(10-18)6-12(8-21-14)20-11-2-1-5-17-7-11/h1-2,5,7,12H,3-4,6,8-10H2/t12-/m0/s1. The topological polar surface area (TPSA) is 42.4 Å². The number of likely N-dealkylation sites (tertiary alicyclic amines) is 1. The summed E-state index contributed by atoms with van der Waals surface area (Å²) < 4.78 is 19.8. The number of ether oxygens (including phenoxy) is 1. The first-order chi connectivity index (χ1) is 10.1. The second-order valence-corrected chi connectivity index (χ2v) is 7.74. The van der Waals surface area contributed by atoms with E-state index in [1.165, 1.54) is 0 Å². The van der Waals surface area contributed by atoms with Crippen LogP contribution in [0.4, 0.5) is 4.39 Å². The van der Waals surface area contributed by atoms with Crippen LogP contribution in [0.2, 0.25) is 0 Å². The van der Waals surface area contributed by atoms with Gasteiger partial charge in [0.2, 0.25) is 0 Å². The van der Waals surface area contributed by atoms with Crippen molar-refractivity contribution in [1.29, 1.82) is 0 Å². The van der Waals surface area contributed by atoms with E-state index in [0.29, 0.717) is 25.9 Å². The average molecular weight is 308 g/mol. The molecule has 1 spiro atoms. The number of hydrogen-bond acceptors (Lipinski definition) is 4. The average Bonchev–Trinajstić information content (AvgIpc) is 3.06. The van der Waals surface area contributed by atoms with E-state index in [9.17, 15) is 9.18 Å². The molecule has 6 heteroatoms. The first kappa shape index (κ1) is 13.4. The number of rotatable bonds is 3. The van der Waals surface area contributed by atoms with Gasteiger partial charge in [0.05, 0.1) is 10.9 Å². The molecule has 1 amide bonds. The van der Waals surface area contributed by atoms with Gasteiger partial charge in [-0.1, -0.05) is 0 Å². The highest BCUT2D eigenvalue weighted by molar-refractivity contribution is 8.01. The Morgan fingerprint density at radius 1 is 1.48 bits per heavy atom. The van der Waals surface area contributed by atoms with Crippen LogP contribution in [0.5, 0.6) is 5.75 Å². The molecule has 1 aromatic heterocycles. The highest BCUT2D eigenvalue weighted by Crippen LogP contribution is 2.49. The number of alkyl halides is 1. The van der Waals surface area contributed by atoms with Gasteiger partial charge in [-0.2, -0.15) is 0 Å². The summed E-state index contributed by atoms with van der Waals surface area (Å²) >= 11 is 1.85. The van der Waals surface area contributed by atoms with Crippen LogP contribution >= 0.6 is 11.8 Å². The third kappa shape index (κ3) is 2.39. The Morgan fingerprint density at radius 3 is 2.95 bits per heavy atom. The normalized spacial score (nSPS) is 28.2. The summed E-state index contributed by atoms with van der Waals surface area (Å²) in [7, 11) is 0. The van der Waals surface area contributed by atoms with E-state index in [-0.39, 0.29) is 16.8 Å². The van der Waals surface area contributed by atoms with Gasteiger partial charge < -0.3 is 9.64 Å². The number of carbonyl (C=O) groups is 1. The van der Waals surface area contributed by atoms with Crippen LogP contribution in [0.15, 0.2) is 24.5 Å². The number of hydrogen-bond donors (Lipinski definition) is 0. The fraction of sp³-hybridized carbons (Fsp3) is 0.600. The van der Waals surface area contributed by atoms with Gasteiger partial charge in [0, 0.05) is 31.5 Å². The minimum atomic E-state index is -1.53. The maximum absolute atomic E-state index is 13.8. The Morgan fingerprint density at radius 2 is 2.29 bits per heavy atom. The Bertz CT molecular complexity index is 558. The zero-order valence-electron chi connectivity index (χ0n) is 11.6. The third-order valence-electron chi connectivity index (χ3n) is 4.43. The van der Waals surface area contributed by atoms with Crippen LogP contribution in [0.1, 0.15) is 19.3 Å². The maximum atomic E-state index is 13.8. The van der Waals surface area contributed by atoms with Crippen molar-refractivity contribution in [1.82, 2.24) is 9.88 Å². The van der Waals surface area contributed by atoms with E-state index in [0.717, 1.165) is 17.9 Å². The predicted octanol–water partition coefficient (Wildman–Crippen LogP) is 2.05. The fourth-order valence-electron chi connectivity index (χ4n) is 3.11. The molecule has 3 heterocycles. The number of pyridine rings is 1. The smallest absolute Gasteiger partial charge is 0.260 e. The summed E-state index contributed by atoms with van der Waals surface area (Å²) in [6, 6.07) is 3.76. The van der Waals surface area contributed by atoms with Crippen molar-refractivity contribution in [2.45, 2.75) is 35.8 Å². The molecule has 0 unspecified atom stereocenters. The SMILES string of the molecule is O=C(N1CC2(C[C@H](Oc3cccnc3)CS2)C1)C1(F)CC1. The van der Waals surface area contributed by atoms with Gasteiger partial charge in [-0.3, -0.25) is 9.78 Å². The Hall–Kier alpha value is -1.30. The van der Waals surface area contributed by atoms with Crippen LogP contribution in [-0.2, 0) is 4.79 Å². The maximum Gasteiger partial charge on any atom is 0.260 e. The molecule has 2 aliphatic heterocycles. The van der Waals surface area contributed by atoms with Crippen LogP contribution < -0.4 is 4.74 Å². The van der Waals surface area contributed by atoms with E-state index in [1.54, 1.807) is 17.3 Å². The highest BCUT2D eigenvalue weighted by atomic mass is 32.2. The minimum absolute atomic E-state index is 0.0772. The second kappa shape index (κ2) is 4.60. The van der Waals surface area contributed by atoms with E-state index in [4.69, 9.17) is 4.74 Å². The fourth-order valence-corrected chi connectivity index (χ4v) is 4.63. The van der Waals surface area contributed by atoms with Crippen LogP contribution in [0, 0.1) is 0 Å². The van der Waals surface area contributed by atoms with Gasteiger partial charge in [-0.05, 0) is 25.0 Å². The molecule has 3 aliphatic rings. The largest absolute Gasteiger partial charge is 0.488 e. The summed E-state index contributed by atoms with van der Waals surface area (Å²) in [6.45, 7) is 1.32. The summed E-state index contributed by atoms with van der Waals surface area (Å²) in [4.78, 5) is 17.6. The number of aromatic nitrogens is 1. The first-order valence-corrected chi connectivity index (χ1v) is 8.26. The quantitative estimate of drug-likeness (QED) is 0.857. The van der Waals surface area contributed by atoms with Gasteiger partial charge in [0.15, 0.2) is 5.67 Å². The summed E-state index contributed by atoms with van der Waals surface area (Å²) in [6.07, 6.45) is 5.29.